The minimum absolute atomic E-state index is 0.152. The van der Waals surface area contributed by atoms with Gasteiger partial charge in [0.1, 0.15) is 0 Å². The van der Waals surface area contributed by atoms with E-state index in [0.717, 1.165) is 26.2 Å². The van der Waals surface area contributed by atoms with E-state index in [-0.39, 0.29) is 11.9 Å². The van der Waals surface area contributed by atoms with Gasteiger partial charge in [0.2, 0.25) is 5.91 Å². The number of nitrogens with zero attached hydrogens (tertiary/aromatic N) is 3. The van der Waals surface area contributed by atoms with Crippen molar-refractivity contribution in [3.05, 3.63) is 29.8 Å². The highest BCUT2D eigenvalue weighted by Gasteiger charge is 2.24. The molecule has 1 N–H and O–H groups in total. The van der Waals surface area contributed by atoms with Crippen molar-refractivity contribution in [1.82, 2.24) is 15.1 Å². The molecule has 0 aromatic heterocycles. The van der Waals surface area contributed by atoms with Gasteiger partial charge in [-0.15, -0.1) is 0 Å². The zero-order chi connectivity index (χ0) is 18.4. The third-order valence-corrected chi connectivity index (χ3v) is 4.86. The third-order valence-electron chi connectivity index (χ3n) is 4.86. The standard InChI is InChI=1S/C20H34N4O/c1-16(2)14-20(25)21-15-19(24-12-10-23(5)11-13-24)17-6-8-18(9-7-17)22(3)4/h6-9,16,19H,10-15H2,1-5H3,(H,21,25)/t19-/m0/s1. The van der Waals surface area contributed by atoms with Crippen molar-refractivity contribution in [3.63, 3.8) is 0 Å². The van der Waals surface area contributed by atoms with E-state index in [4.69, 9.17) is 0 Å². The summed E-state index contributed by atoms with van der Waals surface area (Å²) in [5.41, 5.74) is 2.48. The summed E-state index contributed by atoms with van der Waals surface area (Å²) in [6.07, 6.45) is 0.592. The Hall–Kier alpha value is -1.59. The lowest BCUT2D eigenvalue weighted by Gasteiger charge is -2.38. The fourth-order valence-electron chi connectivity index (χ4n) is 3.24. The molecule has 140 valence electrons. The Balaban J connectivity index is 2.09. The number of carbonyl (C=O) groups is 1. The molecule has 2 rings (SSSR count). The third kappa shape index (κ3) is 6.01. The molecule has 1 heterocycles. The summed E-state index contributed by atoms with van der Waals surface area (Å²) in [5, 5.41) is 3.15. The highest BCUT2D eigenvalue weighted by atomic mass is 16.1. The first kappa shape index (κ1) is 19.7. The number of rotatable bonds is 7. The van der Waals surface area contributed by atoms with Crippen LogP contribution in [0.4, 0.5) is 5.69 Å². The van der Waals surface area contributed by atoms with Crippen LogP contribution in [0.5, 0.6) is 0 Å². The Morgan fingerprint density at radius 3 is 2.24 bits per heavy atom. The van der Waals surface area contributed by atoms with Gasteiger partial charge in [-0.2, -0.15) is 0 Å². The lowest BCUT2D eigenvalue weighted by Crippen LogP contribution is -2.48. The number of nitrogens with one attached hydrogen (secondary N) is 1. The van der Waals surface area contributed by atoms with Crippen LogP contribution in [-0.4, -0.2) is 69.6 Å². The van der Waals surface area contributed by atoms with E-state index in [1.165, 1.54) is 11.3 Å². The van der Waals surface area contributed by atoms with E-state index in [1.54, 1.807) is 0 Å². The highest BCUT2D eigenvalue weighted by Crippen LogP contribution is 2.24. The Labute approximate surface area is 153 Å². The summed E-state index contributed by atoms with van der Waals surface area (Å²) < 4.78 is 0. The van der Waals surface area contributed by atoms with Gasteiger partial charge in [-0.25, -0.2) is 0 Å². The van der Waals surface area contributed by atoms with Crippen LogP contribution in [0.2, 0.25) is 0 Å². The predicted octanol–water partition coefficient (Wildman–Crippen LogP) is 2.20. The molecule has 5 nitrogen and oxygen atoms in total. The summed E-state index contributed by atoms with van der Waals surface area (Å²) in [5.74, 6) is 0.542. The lowest BCUT2D eigenvalue weighted by atomic mass is 10.0. The van der Waals surface area contributed by atoms with Gasteiger partial charge in [0.15, 0.2) is 0 Å². The van der Waals surface area contributed by atoms with Crippen LogP contribution in [0.1, 0.15) is 31.9 Å². The van der Waals surface area contributed by atoms with E-state index in [9.17, 15) is 4.79 Å². The summed E-state index contributed by atoms with van der Waals surface area (Å²) in [6, 6.07) is 8.96. The van der Waals surface area contributed by atoms with E-state index >= 15 is 0 Å². The Morgan fingerprint density at radius 1 is 1.12 bits per heavy atom. The van der Waals surface area contributed by atoms with Crippen LogP contribution in [0.25, 0.3) is 0 Å². The van der Waals surface area contributed by atoms with Crippen LogP contribution in [0, 0.1) is 5.92 Å². The lowest BCUT2D eigenvalue weighted by molar-refractivity contribution is -0.122. The number of carbonyl (C=O) groups excluding carboxylic acids is 1. The SMILES string of the molecule is CC(C)CC(=O)NC[C@@H](c1ccc(N(C)C)cc1)N1CCN(C)CC1. The Morgan fingerprint density at radius 2 is 1.72 bits per heavy atom. The molecule has 1 aromatic rings. The molecule has 0 bridgehead atoms. The van der Waals surface area contributed by atoms with Gasteiger partial charge in [0.05, 0.1) is 6.04 Å². The fraction of sp³-hybridized carbons (Fsp3) is 0.650. The Kier molecular flexibility index (Phi) is 7.26. The largest absolute Gasteiger partial charge is 0.378 e. The zero-order valence-corrected chi connectivity index (χ0v) is 16.5. The van der Waals surface area contributed by atoms with Gasteiger partial charge >= 0.3 is 0 Å². The molecule has 5 heteroatoms. The number of piperazine rings is 1. The van der Waals surface area contributed by atoms with E-state index < -0.39 is 0 Å². The molecule has 1 aromatic carbocycles. The van der Waals surface area contributed by atoms with Crippen molar-refractivity contribution in [1.29, 1.82) is 0 Å². The first-order valence-electron chi connectivity index (χ1n) is 9.33. The smallest absolute Gasteiger partial charge is 0.220 e. The second-order valence-corrected chi connectivity index (χ2v) is 7.74. The van der Waals surface area contributed by atoms with Gasteiger partial charge in [-0.05, 0) is 30.7 Å². The van der Waals surface area contributed by atoms with Crippen LogP contribution in [0.15, 0.2) is 24.3 Å². The van der Waals surface area contributed by atoms with Gasteiger partial charge in [0.25, 0.3) is 0 Å². The molecule has 1 fully saturated rings. The summed E-state index contributed by atoms with van der Waals surface area (Å²) in [7, 11) is 6.28. The summed E-state index contributed by atoms with van der Waals surface area (Å²) >= 11 is 0. The molecule has 0 aliphatic carbocycles. The first-order chi connectivity index (χ1) is 11.9. The number of likely N-dealkylation sites (N-methyl/N-ethyl adjacent to an activating group) is 1. The second-order valence-electron chi connectivity index (χ2n) is 7.74. The molecule has 0 spiro atoms. The molecule has 1 aliphatic rings. The minimum atomic E-state index is 0.152. The summed E-state index contributed by atoms with van der Waals surface area (Å²) in [6.45, 7) is 9.07. The van der Waals surface area contributed by atoms with Crippen molar-refractivity contribution >= 4 is 11.6 Å². The predicted molar refractivity (Wildman–Crippen MR) is 105 cm³/mol. The van der Waals surface area contributed by atoms with Crippen LogP contribution >= 0.6 is 0 Å². The van der Waals surface area contributed by atoms with Crippen LogP contribution < -0.4 is 10.2 Å². The maximum Gasteiger partial charge on any atom is 0.220 e. The average Bonchev–Trinajstić information content (AvgIpc) is 2.56. The van der Waals surface area contributed by atoms with Crippen molar-refractivity contribution in [2.45, 2.75) is 26.3 Å². The molecular weight excluding hydrogens is 312 g/mol. The minimum Gasteiger partial charge on any atom is -0.378 e. The van der Waals surface area contributed by atoms with Crippen molar-refractivity contribution in [2.75, 3.05) is 58.8 Å². The van der Waals surface area contributed by atoms with E-state index in [1.807, 2.05) is 0 Å². The van der Waals surface area contributed by atoms with Gasteiger partial charge in [0, 0.05) is 58.9 Å². The topological polar surface area (TPSA) is 38.8 Å². The normalized spacial score (nSPS) is 17.5. The molecule has 0 unspecified atom stereocenters. The average molecular weight is 347 g/mol. The maximum absolute atomic E-state index is 12.1. The Bertz CT molecular complexity index is 533. The first-order valence-corrected chi connectivity index (χ1v) is 9.33. The quantitative estimate of drug-likeness (QED) is 0.822. The molecule has 1 atom stereocenters. The molecule has 0 saturated carbocycles. The molecule has 1 saturated heterocycles. The number of amides is 1. The highest BCUT2D eigenvalue weighted by molar-refractivity contribution is 5.76. The second kappa shape index (κ2) is 9.20. The molecule has 0 radical (unpaired) electrons. The number of anilines is 1. The summed E-state index contributed by atoms with van der Waals surface area (Å²) in [4.78, 5) is 19.1. The van der Waals surface area contributed by atoms with Gasteiger partial charge in [-0.1, -0.05) is 26.0 Å². The van der Waals surface area contributed by atoms with Crippen molar-refractivity contribution in [3.8, 4) is 0 Å². The van der Waals surface area contributed by atoms with Crippen molar-refractivity contribution < 1.29 is 4.79 Å². The number of hydrogen-bond donors (Lipinski definition) is 1. The van der Waals surface area contributed by atoms with Gasteiger partial charge in [-0.3, -0.25) is 9.69 Å². The zero-order valence-electron chi connectivity index (χ0n) is 16.5. The number of hydrogen-bond acceptors (Lipinski definition) is 4. The van der Waals surface area contributed by atoms with Crippen LogP contribution in [-0.2, 0) is 4.79 Å². The molecule has 25 heavy (non-hydrogen) atoms. The molecule has 1 amide bonds. The molecule has 1 aliphatic heterocycles. The fourth-order valence-corrected chi connectivity index (χ4v) is 3.24. The van der Waals surface area contributed by atoms with Crippen molar-refractivity contribution in [2.24, 2.45) is 5.92 Å². The van der Waals surface area contributed by atoms with Crippen LogP contribution in [0.3, 0.4) is 0 Å². The monoisotopic (exact) mass is 346 g/mol. The van der Waals surface area contributed by atoms with E-state index in [2.05, 4.69) is 79.3 Å². The maximum atomic E-state index is 12.1. The molecular formula is C20H34N4O. The van der Waals surface area contributed by atoms with E-state index in [0.29, 0.717) is 18.9 Å². The number of benzene rings is 1. The van der Waals surface area contributed by atoms with Gasteiger partial charge < -0.3 is 15.1 Å².